The summed E-state index contributed by atoms with van der Waals surface area (Å²) in [5.41, 5.74) is 0. The molecular formula is C45H81NO3. The molecule has 0 saturated carbocycles. The Morgan fingerprint density at radius 2 is 0.878 bits per heavy atom. The third-order valence-corrected chi connectivity index (χ3v) is 9.20. The van der Waals surface area contributed by atoms with Crippen LogP contribution in [-0.2, 0) is 4.79 Å². The monoisotopic (exact) mass is 684 g/mol. The number of nitrogens with one attached hydrogen (secondary N) is 1. The van der Waals surface area contributed by atoms with E-state index in [9.17, 15) is 15.0 Å². The number of allylic oxidation sites excluding steroid dienone is 9. The number of carbonyl (C=O) groups is 1. The van der Waals surface area contributed by atoms with Crippen LogP contribution < -0.4 is 5.32 Å². The zero-order chi connectivity index (χ0) is 35.7. The molecule has 0 aromatic carbocycles. The number of aliphatic hydroxyl groups excluding tert-OH is 2. The standard InChI is InChI=1S/C45H81NO3/c1-3-5-7-9-11-13-15-17-19-20-21-22-23-24-25-26-27-28-30-32-34-36-38-40-44(48)43(42-47)46-45(49)41-39-37-35-33-31-29-18-16-14-12-10-8-6-4-2/h10,12,16,18,25-26,30,32,38,40,43-44,47-48H,3-9,11,13-15,17,19-24,27-29,31,33-37,39,41-42H2,1-2H3,(H,46,49)/b12-10-,18-16-,26-25+,32-30+,40-38+. The van der Waals surface area contributed by atoms with E-state index in [2.05, 4.69) is 67.8 Å². The van der Waals surface area contributed by atoms with E-state index in [-0.39, 0.29) is 12.5 Å². The van der Waals surface area contributed by atoms with E-state index >= 15 is 0 Å². The molecule has 1 amide bonds. The van der Waals surface area contributed by atoms with E-state index < -0.39 is 12.1 Å². The van der Waals surface area contributed by atoms with E-state index in [1.807, 2.05) is 6.08 Å². The van der Waals surface area contributed by atoms with Crippen molar-refractivity contribution in [2.45, 2.75) is 212 Å². The summed E-state index contributed by atoms with van der Waals surface area (Å²) in [6.07, 6.45) is 56.1. The molecule has 0 heterocycles. The third kappa shape index (κ3) is 37.2. The Bertz CT molecular complexity index is 827. The first-order chi connectivity index (χ1) is 24.2. The van der Waals surface area contributed by atoms with Crippen molar-refractivity contribution < 1.29 is 15.0 Å². The molecule has 0 aliphatic heterocycles. The van der Waals surface area contributed by atoms with E-state index in [0.29, 0.717) is 6.42 Å². The van der Waals surface area contributed by atoms with E-state index in [4.69, 9.17) is 0 Å². The van der Waals surface area contributed by atoms with Gasteiger partial charge in [0.25, 0.3) is 0 Å². The zero-order valence-corrected chi connectivity index (χ0v) is 32.4. The highest BCUT2D eigenvalue weighted by Gasteiger charge is 2.17. The Labute approximate surface area is 305 Å². The SMILES string of the molecule is CCCC/C=C\C/C=C\CCCCCCCC(=O)NC(CO)C(O)/C=C/CC/C=C/CC/C=C/CCCCCCCCCCCCCCC. The molecule has 0 aromatic heterocycles. The maximum absolute atomic E-state index is 12.3. The zero-order valence-electron chi connectivity index (χ0n) is 32.4. The first-order valence-electron chi connectivity index (χ1n) is 21.0. The molecule has 0 spiro atoms. The number of hydrogen-bond donors (Lipinski definition) is 3. The molecule has 0 saturated heterocycles. The summed E-state index contributed by atoms with van der Waals surface area (Å²) in [6.45, 7) is 4.24. The third-order valence-electron chi connectivity index (χ3n) is 9.20. The molecule has 2 atom stereocenters. The first-order valence-corrected chi connectivity index (χ1v) is 21.0. The highest BCUT2D eigenvalue weighted by Crippen LogP contribution is 2.13. The molecule has 0 fully saturated rings. The summed E-state index contributed by atoms with van der Waals surface area (Å²) in [5.74, 6) is -0.0947. The lowest BCUT2D eigenvalue weighted by molar-refractivity contribution is -0.123. The number of aliphatic hydroxyl groups is 2. The van der Waals surface area contributed by atoms with Crippen LogP contribution in [0.4, 0.5) is 0 Å². The second kappa shape index (κ2) is 40.5. The minimum atomic E-state index is -0.877. The van der Waals surface area contributed by atoms with Crippen LogP contribution in [0, 0.1) is 0 Å². The van der Waals surface area contributed by atoms with Crippen molar-refractivity contribution in [3.8, 4) is 0 Å². The molecule has 3 N–H and O–H groups in total. The van der Waals surface area contributed by atoms with Crippen LogP contribution in [0.15, 0.2) is 60.8 Å². The molecule has 0 aromatic rings. The largest absolute Gasteiger partial charge is 0.394 e. The van der Waals surface area contributed by atoms with Gasteiger partial charge in [-0.05, 0) is 70.6 Å². The number of amides is 1. The summed E-state index contributed by atoms with van der Waals surface area (Å²) in [7, 11) is 0. The van der Waals surface area contributed by atoms with E-state index in [1.54, 1.807) is 6.08 Å². The molecule has 0 aliphatic carbocycles. The quantitative estimate of drug-likeness (QED) is 0.0451. The summed E-state index contributed by atoms with van der Waals surface area (Å²) in [5, 5.41) is 22.9. The fourth-order valence-electron chi connectivity index (χ4n) is 5.93. The molecular weight excluding hydrogens is 602 g/mol. The molecule has 4 nitrogen and oxygen atoms in total. The summed E-state index contributed by atoms with van der Waals surface area (Å²) < 4.78 is 0. The summed E-state index contributed by atoms with van der Waals surface area (Å²) in [6, 6.07) is -0.654. The molecule has 49 heavy (non-hydrogen) atoms. The Kier molecular flexibility index (Phi) is 38.9. The summed E-state index contributed by atoms with van der Waals surface area (Å²) in [4.78, 5) is 12.3. The second-order valence-corrected chi connectivity index (χ2v) is 14.0. The Hall–Kier alpha value is -1.91. The van der Waals surface area contributed by atoms with Crippen molar-refractivity contribution in [1.29, 1.82) is 0 Å². The van der Waals surface area contributed by atoms with Crippen molar-refractivity contribution in [3.05, 3.63) is 60.8 Å². The molecule has 0 rings (SSSR count). The van der Waals surface area contributed by atoms with Gasteiger partial charge in [-0.25, -0.2) is 0 Å². The van der Waals surface area contributed by atoms with Crippen LogP contribution in [0.5, 0.6) is 0 Å². The minimum Gasteiger partial charge on any atom is -0.394 e. The highest BCUT2D eigenvalue weighted by atomic mass is 16.3. The van der Waals surface area contributed by atoms with Crippen molar-refractivity contribution in [3.63, 3.8) is 0 Å². The van der Waals surface area contributed by atoms with Crippen molar-refractivity contribution in [2.24, 2.45) is 0 Å². The average molecular weight is 684 g/mol. The van der Waals surface area contributed by atoms with Crippen LogP contribution in [0.1, 0.15) is 200 Å². The predicted octanol–water partition coefficient (Wildman–Crippen LogP) is 13.0. The lowest BCUT2D eigenvalue weighted by Crippen LogP contribution is -2.45. The number of unbranched alkanes of at least 4 members (excludes halogenated alkanes) is 22. The average Bonchev–Trinajstić information content (AvgIpc) is 3.10. The van der Waals surface area contributed by atoms with E-state index in [0.717, 1.165) is 57.8 Å². The molecule has 4 heteroatoms. The minimum absolute atomic E-state index is 0.0947. The fraction of sp³-hybridized carbons (Fsp3) is 0.756. The fourth-order valence-corrected chi connectivity index (χ4v) is 5.93. The van der Waals surface area contributed by atoms with Gasteiger partial charge in [-0.2, -0.15) is 0 Å². The van der Waals surface area contributed by atoms with Gasteiger partial charge in [-0.1, -0.05) is 184 Å². The molecule has 0 radical (unpaired) electrons. The van der Waals surface area contributed by atoms with Crippen LogP contribution in [-0.4, -0.2) is 34.9 Å². The molecule has 284 valence electrons. The van der Waals surface area contributed by atoms with Crippen LogP contribution in [0.25, 0.3) is 0 Å². The number of carbonyl (C=O) groups excluding carboxylic acids is 1. The smallest absolute Gasteiger partial charge is 0.220 e. The normalized spacial score (nSPS) is 13.6. The van der Waals surface area contributed by atoms with Gasteiger partial charge < -0.3 is 15.5 Å². The van der Waals surface area contributed by atoms with Crippen LogP contribution in [0.3, 0.4) is 0 Å². The first kappa shape index (κ1) is 47.1. The van der Waals surface area contributed by atoms with Crippen molar-refractivity contribution in [2.75, 3.05) is 6.61 Å². The highest BCUT2D eigenvalue weighted by molar-refractivity contribution is 5.76. The predicted molar refractivity (Wildman–Crippen MR) is 216 cm³/mol. The molecule has 0 bridgehead atoms. The van der Waals surface area contributed by atoms with Gasteiger partial charge >= 0.3 is 0 Å². The Morgan fingerprint density at radius 3 is 1.37 bits per heavy atom. The maximum atomic E-state index is 12.3. The maximum Gasteiger partial charge on any atom is 0.220 e. The van der Waals surface area contributed by atoms with Crippen LogP contribution in [0.2, 0.25) is 0 Å². The lowest BCUT2D eigenvalue weighted by atomic mass is 10.0. The topological polar surface area (TPSA) is 69.6 Å². The summed E-state index contributed by atoms with van der Waals surface area (Å²) >= 11 is 0. The second-order valence-electron chi connectivity index (χ2n) is 14.0. The number of rotatable bonds is 37. The molecule has 2 unspecified atom stereocenters. The van der Waals surface area contributed by atoms with Gasteiger partial charge in [0.2, 0.25) is 5.91 Å². The van der Waals surface area contributed by atoms with Gasteiger partial charge in [0.15, 0.2) is 0 Å². The van der Waals surface area contributed by atoms with E-state index in [1.165, 1.54) is 122 Å². The van der Waals surface area contributed by atoms with Gasteiger partial charge in [-0.3, -0.25) is 4.79 Å². The Morgan fingerprint density at radius 1 is 0.490 bits per heavy atom. The van der Waals surface area contributed by atoms with Gasteiger partial charge in [-0.15, -0.1) is 0 Å². The van der Waals surface area contributed by atoms with Gasteiger partial charge in [0.1, 0.15) is 0 Å². The number of hydrogen-bond acceptors (Lipinski definition) is 3. The Balaban J connectivity index is 3.68. The lowest BCUT2D eigenvalue weighted by Gasteiger charge is -2.19. The molecule has 0 aliphatic rings. The van der Waals surface area contributed by atoms with Crippen molar-refractivity contribution >= 4 is 5.91 Å². The van der Waals surface area contributed by atoms with Gasteiger partial charge in [0, 0.05) is 6.42 Å². The van der Waals surface area contributed by atoms with Crippen molar-refractivity contribution in [1.82, 2.24) is 5.32 Å². The van der Waals surface area contributed by atoms with Gasteiger partial charge in [0.05, 0.1) is 18.8 Å². The van der Waals surface area contributed by atoms with Crippen LogP contribution >= 0.6 is 0 Å².